The molecule has 0 bridgehead atoms. The number of ether oxygens (including phenoxy) is 1. The van der Waals surface area contributed by atoms with Gasteiger partial charge in [0.25, 0.3) is 0 Å². The van der Waals surface area contributed by atoms with E-state index in [-0.39, 0.29) is 13.0 Å². The zero-order chi connectivity index (χ0) is 15.2. The van der Waals surface area contributed by atoms with Gasteiger partial charge < -0.3 is 4.74 Å². The molecule has 0 fully saturated rings. The lowest BCUT2D eigenvalue weighted by Gasteiger charge is -2.08. The lowest BCUT2D eigenvalue weighted by Crippen LogP contribution is -2.09. The summed E-state index contributed by atoms with van der Waals surface area (Å²) in [5, 5.41) is 9.68. The fourth-order valence-electron chi connectivity index (χ4n) is 1.79. The van der Waals surface area contributed by atoms with Crippen molar-refractivity contribution in [1.29, 1.82) is 5.26 Å². The first-order valence-corrected chi connectivity index (χ1v) is 6.93. The molecular weight excluding hydrogens is 309 g/mol. The quantitative estimate of drug-likeness (QED) is 0.795. The molecule has 0 heterocycles. The van der Waals surface area contributed by atoms with Crippen molar-refractivity contribution in [3.8, 4) is 6.07 Å². The van der Waals surface area contributed by atoms with Crippen LogP contribution in [-0.2, 0) is 22.6 Å². The molecule has 0 saturated carbocycles. The molecule has 0 aliphatic carbocycles. The van der Waals surface area contributed by atoms with E-state index >= 15 is 0 Å². The van der Waals surface area contributed by atoms with Gasteiger partial charge in [-0.05, 0) is 29.8 Å². The molecule has 0 amide bonds. The second-order valence-corrected chi connectivity index (χ2v) is 5.16. The van der Waals surface area contributed by atoms with Crippen LogP contribution in [0.3, 0.4) is 0 Å². The predicted molar refractivity (Wildman–Crippen MR) is 81.1 cm³/mol. The van der Waals surface area contributed by atoms with Crippen molar-refractivity contribution in [2.75, 3.05) is 0 Å². The van der Waals surface area contributed by atoms with Gasteiger partial charge in [-0.1, -0.05) is 41.4 Å². The molecule has 2 aromatic rings. The third kappa shape index (κ3) is 4.22. The third-order valence-corrected chi connectivity index (χ3v) is 3.55. The molecule has 21 heavy (non-hydrogen) atoms. The number of carbonyl (C=O) groups is 1. The molecule has 0 atom stereocenters. The molecule has 0 aromatic heterocycles. The lowest BCUT2D eigenvalue weighted by atomic mass is 10.1. The summed E-state index contributed by atoms with van der Waals surface area (Å²) in [5.41, 5.74) is 1.84. The number of halogens is 2. The van der Waals surface area contributed by atoms with Crippen molar-refractivity contribution in [1.82, 2.24) is 0 Å². The molecular formula is C16H11Cl2NO2. The molecule has 2 rings (SSSR count). The van der Waals surface area contributed by atoms with Crippen LogP contribution in [0.15, 0.2) is 42.5 Å². The minimum atomic E-state index is -0.424. The van der Waals surface area contributed by atoms with E-state index in [9.17, 15) is 4.79 Å². The fraction of sp³-hybridized carbons (Fsp3) is 0.125. The van der Waals surface area contributed by atoms with Crippen molar-refractivity contribution in [2.24, 2.45) is 0 Å². The van der Waals surface area contributed by atoms with E-state index in [2.05, 4.69) is 0 Å². The van der Waals surface area contributed by atoms with Crippen LogP contribution in [0.25, 0.3) is 0 Å². The number of hydrogen-bond acceptors (Lipinski definition) is 3. The number of nitriles is 1. The van der Waals surface area contributed by atoms with E-state index in [4.69, 9.17) is 33.2 Å². The first-order valence-electron chi connectivity index (χ1n) is 6.17. The SMILES string of the molecule is N#Cc1cccc(COC(=O)Cc2c(Cl)cccc2Cl)c1. The second-order valence-electron chi connectivity index (χ2n) is 4.35. The number of esters is 1. The van der Waals surface area contributed by atoms with E-state index in [1.165, 1.54) is 0 Å². The number of hydrogen-bond donors (Lipinski definition) is 0. The molecule has 0 unspecified atom stereocenters. The van der Waals surface area contributed by atoms with Gasteiger partial charge in [0.15, 0.2) is 0 Å². The Kier molecular flexibility index (Phi) is 5.21. The Morgan fingerprint density at radius 1 is 1.14 bits per heavy atom. The van der Waals surface area contributed by atoms with Gasteiger partial charge in [0, 0.05) is 15.6 Å². The standard InChI is InChI=1S/C16H11Cl2NO2/c17-14-5-2-6-15(18)13(14)8-16(20)21-10-12-4-1-3-11(7-12)9-19/h1-7H,8,10H2. The lowest BCUT2D eigenvalue weighted by molar-refractivity contribution is -0.144. The molecule has 3 nitrogen and oxygen atoms in total. The van der Waals surface area contributed by atoms with E-state index in [1.807, 2.05) is 6.07 Å². The van der Waals surface area contributed by atoms with Crippen LogP contribution in [0.4, 0.5) is 0 Å². The summed E-state index contributed by atoms with van der Waals surface area (Å²) in [6.07, 6.45) is 0.0104. The molecule has 5 heteroatoms. The Bertz CT molecular complexity index is 687. The van der Waals surface area contributed by atoms with Crippen LogP contribution in [0.1, 0.15) is 16.7 Å². The maximum atomic E-state index is 11.8. The summed E-state index contributed by atoms with van der Waals surface area (Å²) >= 11 is 12.0. The maximum absolute atomic E-state index is 11.8. The summed E-state index contributed by atoms with van der Waals surface area (Å²) in [5.74, 6) is -0.424. The Morgan fingerprint density at radius 3 is 2.48 bits per heavy atom. The minimum absolute atomic E-state index is 0.0104. The number of nitrogens with zero attached hydrogens (tertiary/aromatic N) is 1. The van der Waals surface area contributed by atoms with Gasteiger partial charge in [0.1, 0.15) is 6.61 Å². The van der Waals surface area contributed by atoms with Crippen molar-refractivity contribution in [2.45, 2.75) is 13.0 Å². The first kappa shape index (κ1) is 15.4. The smallest absolute Gasteiger partial charge is 0.310 e. The van der Waals surface area contributed by atoms with Crippen LogP contribution < -0.4 is 0 Å². The molecule has 2 aromatic carbocycles. The average molecular weight is 320 g/mol. The van der Waals surface area contributed by atoms with Gasteiger partial charge in [-0.25, -0.2) is 0 Å². The van der Waals surface area contributed by atoms with Crippen LogP contribution in [0, 0.1) is 11.3 Å². The van der Waals surface area contributed by atoms with Crippen molar-refractivity contribution >= 4 is 29.2 Å². The number of benzene rings is 2. The topological polar surface area (TPSA) is 50.1 Å². The van der Waals surface area contributed by atoms with Gasteiger partial charge in [0.05, 0.1) is 18.1 Å². The Balaban J connectivity index is 1.98. The second kappa shape index (κ2) is 7.12. The summed E-state index contributed by atoms with van der Waals surface area (Å²) in [7, 11) is 0. The normalized spacial score (nSPS) is 9.95. The predicted octanol–water partition coefficient (Wildman–Crippen LogP) is 4.15. The van der Waals surface area contributed by atoms with Crippen molar-refractivity contribution in [3.63, 3.8) is 0 Å². The average Bonchev–Trinajstić information content (AvgIpc) is 2.49. The van der Waals surface area contributed by atoms with E-state index in [0.29, 0.717) is 21.2 Å². The minimum Gasteiger partial charge on any atom is -0.461 e. The third-order valence-electron chi connectivity index (χ3n) is 2.84. The highest BCUT2D eigenvalue weighted by Gasteiger charge is 2.12. The molecule has 0 N–H and O–H groups in total. The molecule has 0 radical (unpaired) electrons. The van der Waals surface area contributed by atoms with Crippen LogP contribution >= 0.6 is 23.2 Å². The Labute approximate surface area is 132 Å². The summed E-state index contributed by atoms with van der Waals surface area (Å²) in [4.78, 5) is 11.8. The van der Waals surface area contributed by atoms with Crippen LogP contribution in [0.2, 0.25) is 10.0 Å². The first-order chi connectivity index (χ1) is 10.1. The highest BCUT2D eigenvalue weighted by molar-refractivity contribution is 6.36. The largest absolute Gasteiger partial charge is 0.461 e. The molecule has 0 aliphatic rings. The number of carbonyl (C=O) groups excluding carboxylic acids is 1. The molecule has 0 spiro atoms. The molecule has 0 saturated heterocycles. The number of rotatable bonds is 4. The van der Waals surface area contributed by atoms with E-state index in [0.717, 1.165) is 5.56 Å². The van der Waals surface area contributed by atoms with E-state index < -0.39 is 5.97 Å². The Hall–Kier alpha value is -2.02. The zero-order valence-electron chi connectivity index (χ0n) is 11.0. The summed E-state index contributed by atoms with van der Waals surface area (Å²) in [6.45, 7) is 0.108. The van der Waals surface area contributed by atoms with Gasteiger partial charge in [0.2, 0.25) is 0 Å². The highest BCUT2D eigenvalue weighted by Crippen LogP contribution is 2.25. The summed E-state index contributed by atoms with van der Waals surface area (Å²) < 4.78 is 5.18. The van der Waals surface area contributed by atoms with Gasteiger partial charge >= 0.3 is 5.97 Å². The van der Waals surface area contributed by atoms with Crippen LogP contribution in [-0.4, -0.2) is 5.97 Å². The zero-order valence-corrected chi connectivity index (χ0v) is 12.5. The fourth-order valence-corrected chi connectivity index (χ4v) is 2.32. The molecule has 106 valence electrons. The van der Waals surface area contributed by atoms with Gasteiger partial charge in [-0.3, -0.25) is 4.79 Å². The van der Waals surface area contributed by atoms with Crippen molar-refractivity contribution in [3.05, 3.63) is 69.2 Å². The van der Waals surface area contributed by atoms with E-state index in [1.54, 1.807) is 42.5 Å². The highest BCUT2D eigenvalue weighted by atomic mass is 35.5. The van der Waals surface area contributed by atoms with Crippen LogP contribution in [0.5, 0.6) is 0 Å². The van der Waals surface area contributed by atoms with Gasteiger partial charge in [-0.2, -0.15) is 5.26 Å². The van der Waals surface area contributed by atoms with Gasteiger partial charge in [-0.15, -0.1) is 0 Å². The maximum Gasteiger partial charge on any atom is 0.310 e. The van der Waals surface area contributed by atoms with Crippen molar-refractivity contribution < 1.29 is 9.53 Å². The Morgan fingerprint density at radius 2 is 1.81 bits per heavy atom. The monoisotopic (exact) mass is 319 g/mol. The summed E-state index contributed by atoms with van der Waals surface area (Å²) in [6, 6.07) is 14.0. The molecule has 0 aliphatic heterocycles.